The van der Waals surface area contributed by atoms with Crippen molar-refractivity contribution in [1.29, 1.82) is 0 Å². The van der Waals surface area contributed by atoms with E-state index in [2.05, 4.69) is 15.0 Å². The summed E-state index contributed by atoms with van der Waals surface area (Å²) < 4.78 is 52.7. The van der Waals surface area contributed by atoms with E-state index in [1.807, 2.05) is 27.7 Å². The van der Waals surface area contributed by atoms with E-state index in [4.69, 9.17) is 4.74 Å². The first-order valence-corrected chi connectivity index (χ1v) is 15.4. The van der Waals surface area contributed by atoms with Crippen molar-refractivity contribution in [2.24, 2.45) is 0 Å². The Balaban J connectivity index is 1.82. The molecule has 14 heteroatoms. The smallest absolute Gasteiger partial charge is 0.442 e. The van der Waals surface area contributed by atoms with Gasteiger partial charge in [-0.3, -0.25) is 0 Å². The molecule has 5 rings (SSSR count). The van der Waals surface area contributed by atoms with Gasteiger partial charge in [0.15, 0.2) is 23.0 Å². The molecule has 4 heterocycles. The van der Waals surface area contributed by atoms with Gasteiger partial charge in [-0.25, -0.2) is 37.5 Å². The molecular formula is C33H38F3N7O4. The zero-order valence-electron chi connectivity index (χ0n) is 27.6. The van der Waals surface area contributed by atoms with Crippen LogP contribution in [0.3, 0.4) is 0 Å². The van der Waals surface area contributed by atoms with Crippen LogP contribution in [-0.2, 0) is 4.74 Å². The van der Waals surface area contributed by atoms with Crippen LogP contribution < -0.4 is 15.3 Å². The molecule has 47 heavy (non-hydrogen) atoms. The molecule has 0 bridgehead atoms. The number of rotatable bonds is 5. The summed E-state index contributed by atoms with van der Waals surface area (Å²) in [6.07, 6.45) is 0.851. The number of carbonyl (C=O) groups is 1. The van der Waals surface area contributed by atoms with Crippen LogP contribution in [0.25, 0.3) is 28.0 Å². The van der Waals surface area contributed by atoms with E-state index >= 15 is 13.2 Å². The van der Waals surface area contributed by atoms with Gasteiger partial charge in [0, 0.05) is 25.7 Å². The molecule has 0 aliphatic carbocycles. The predicted molar refractivity (Wildman–Crippen MR) is 170 cm³/mol. The van der Waals surface area contributed by atoms with Crippen molar-refractivity contribution in [2.45, 2.75) is 78.9 Å². The summed E-state index contributed by atoms with van der Waals surface area (Å²) in [5, 5.41) is 14.3. The van der Waals surface area contributed by atoms with Gasteiger partial charge in [0.1, 0.15) is 28.9 Å². The van der Waals surface area contributed by atoms with Crippen LogP contribution in [0.1, 0.15) is 78.6 Å². The Morgan fingerprint density at radius 2 is 1.62 bits per heavy atom. The number of carbonyl (C=O) groups excluding carboxylic acids is 1. The summed E-state index contributed by atoms with van der Waals surface area (Å²) >= 11 is 0. The van der Waals surface area contributed by atoms with E-state index in [0.29, 0.717) is 11.4 Å². The lowest BCUT2D eigenvalue weighted by Gasteiger charge is -2.40. The highest BCUT2D eigenvalue weighted by Crippen LogP contribution is 2.34. The van der Waals surface area contributed by atoms with Crippen molar-refractivity contribution in [3.8, 4) is 16.9 Å². The Morgan fingerprint density at radius 1 is 1.02 bits per heavy atom. The summed E-state index contributed by atoms with van der Waals surface area (Å²) in [4.78, 5) is 43.4. The first-order valence-electron chi connectivity index (χ1n) is 15.4. The van der Waals surface area contributed by atoms with Gasteiger partial charge in [-0.15, -0.1) is 4.57 Å². The summed E-state index contributed by atoms with van der Waals surface area (Å²) in [7, 11) is 0. The van der Waals surface area contributed by atoms with Crippen molar-refractivity contribution >= 4 is 22.9 Å². The zero-order chi connectivity index (χ0) is 34.5. The number of pyridine rings is 1. The average Bonchev–Trinajstić information content (AvgIpc) is 2.97. The maximum Gasteiger partial charge on any atom is 0.442 e. The number of hydrogen-bond donors (Lipinski definition) is 0. The van der Waals surface area contributed by atoms with Gasteiger partial charge in [0.05, 0.1) is 17.0 Å². The Morgan fingerprint density at radius 3 is 2.15 bits per heavy atom. The molecule has 1 atom stereocenters. The molecule has 0 unspecified atom stereocenters. The van der Waals surface area contributed by atoms with Crippen LogP contribution in [-0.4, -0.2) is 61.8 Å². The number of piperazine rings is 1. The lowest BCUT2D eigenvalue weighted by atomic mass is 10.0. The number of hydrogen-bond acceptors (Lipinski definition) is 8. The minimum Gasteiger partial charge on any atom is -0.710 e. The molecule has 11 nitrogen and oxygen atoms in total. The maximum atomic E-state index is 16.1. The van der Waals surface area contributed by atoms with E-state index in [9.17, 15) is 14.8 Å². The predicted octanol–water partition coefficient (Wildman–Crippen LogP) is 5.59. The number of aromatic nitrogens is 5. The second-order valence-corrected chi connectivity index (χ2v) is 13.3. The van der Waals surface area contributed by atoms with E-state index in [-0.39, 0.29) is 53.1 Å². The van der Waals surface area contributed by atoms with Gasteiger partial charge < -0.3 is 19.7 Å². The largest absolute Gasteiger partial charge is 0.710 e. The van der Waals surface area contributed by atoms with Crippen molar-refractivity contribution in [3.05, 3.63) is 75.1 Å². The fourth-order valence-electron chi connectivity index (χ4n) is 5.85. The maximum absolute atomic E-state index is 16.1. The molecule has 250 valence electrons. The van der Waals surface area contributed by atoms with Gasteiger partial charge in [0.2, 0.25) is 0 Å². The van der Waals surface area contributed by atoms with Gasteiger partial charge in [-0.2, -0.15) is 4.98 Å². The molecule has 0 N–H and O–H groups in total. The summed E-state index contributed by atoms with van der Waals surface area (Å²) in [6.45, 7) is 15.0. The third-order valence-electron chi connectivity index (χ3n) is 7.93. The summed E-state index contributed by atoms with van der Waals surface area (Å²) in [6, 6.07) is 3.44. The zero-order valence-corrected chi connectivity index (χ0v) is 27.6. The van der Waals surface area contributed by atoms with Crippen LogP contribution in [0.15, 0.2) is 35.4 Å². The van der Waals surface area contributed by atoms with Crippen LogP contribution in [0, 0.1) is 22.7 Å². The van der Waals surface area contributed by atoms with Crippen LogP contribution >= 0.6 is 0 Å². The van der Waals surface area contributed by atoms with E-state index in [1.54, 1.807) is 32.6 Å². The van der Waals surface area contributed by atoms with Crippen LogP contribution in [0.4, 0.5) is 23.8 Å². The Bertz CT molecular complexity index is 1880. The molecule has 1 amide bonds. The lowest BCUT2D eigenvalue weighted by Crippen LogP contribution is -2.55. The standard InChI is InChI=1S/C33H38F3N7O4/c1-17(2)25-28(26(18(3)4)38-16-37-25)42-30-20(14-23(36)27(43(30)46)24-21(34)10-9-11-22(24)35)29(39-31(42)44)41-13-12-40(15-19(41)5)32(45)47-33(6,7)8/h9-11,14,16-19H,12-13,15H2,1-8H3/t19-/m0/s1. The molecule has 0 saturated carbocycles. The van der Waals surface area contributed by atoms with Gasteiger partial charge in [-0.1, -0.05) is 33.8 Å². The minimum atomic E-state index is -1.22. The molecule has 1 aliphatic rings. The molecule has 4 aromatic rings. The monoisotopic (exact) mass is 653 g/mol. The molecule has 0 spiro atoms. The lowest BCUT2D eigenvalue weighted by molar-refractivity contribution is -0.569. The van der Waals surface area contributed by atoms with Crippen molar-refractivity contribution < 1.29 is 27.4 Å². The first kappa shape index (κ1) is 33.6. The molecule has 1 aromatic carbocycles. The molecule has 0 radical (unpaired) electrons. The molecule has 1 aliphatic heterocycles. The van der Waals surface area contributed by atoms with Gasteiger partial charge >= 0.3 is 17.4 Å². The Labute approximate surface area is 270 Å². The van der Waals surface area contributed by atoms with Gasteiger partial charge in [-0.05, 0) is 57.7 Å². The first-order chi connectivity index (χ1) is 22.0. The molecule has 3 aromatic heterocycles. The summed E-state index contributed by atoms with van der Waals surface area (Å²) in [5.41, 5.74) is -2.80. The Kier molecular flexibility index (Phi) is 8.91. The fraction of sp³-hybridized carbons (Fsp3) is 0.455. The number of amides is 1. The topological polar surface area (TPSA) is 120 Å². The van der Waals surface area contributed by atoms with Crippen LogP contribution in [0.2, 0.25) is 0 Å². The third-order valence-corrected chi connectivity index (χ3v) is 7.93. The number of fused-ring (bicyclic) bond motifs is 1. The van der Waals surface area contributed by atoms with Crippen molar-refractivity contribution in [3.63, 3.8) is 0 Å². The number of anilines is 1. The molecular weight excluding hydrogens is 615 g/mol. The second kappa shape index (κ2) is 12.5. The quantitative estimate of drug-likeness (QED) is 0.202. The highest BCUT2D eigenvalue weighted by molar-refractivity contribution is 5.88. The number of ether oxygens (including phenoxy) is 1. The SMILES string of the molecule is CC(C)c1ncnc(C(C)C)c1-n1c(=O)nc(N2CCN(C(=O)OC(C)(C)C)C[C@@H]2C)c2cc(F)c(-c3c(F)cccc3F)[n+]([O-])c21. The fourth-order valence-corrected chi connectivity index (χ4v) is 5.85. The normalized spacial score (nSPS) is 15.6. The highest BCUT2D eigenvalue weighted by Gasteiger charge is 2.36. The van der Waals surface area contributed by atoms with E-state index < -0.39 is 57.8 Å². The number of halogens is 3. The van der Waals surface area contributed by atoms with Crippen LogP contribution in [0.5, 0.6) is 0 Å². The van der Waals surface area contributed by atoms with Crippen molar-refractivity contribution in [2.75, 3.05) is 24.5 Å². The number of benzene rings is 1. The molecule has 1 saturated heterocycles. The third kappa shape index (κ3) is 6.20. The highest BCUT2D eigenvalue weighted by atomic mass is 19.1. The second-order valence-electron chi connectivity index (χ2n) is 13.3. The average molecular weight is 654 g/mol. The molecule has 1 fully saturated rings. The van der Waals surface area contributed by atoms with E-state index in [1.165, 1.54) is 11.2 Å². The minimum absolute atomic E-state index is 0.0179. The number of nitrogens with zero attached hydrogens (tertiary/aromatic N) is 7. The van der Waals surface area contributed by atoms with Crippen molar-refractivity contribution in [1.82, 2.24) is 24.4 Å². The summed E-state index contributed by atoms with van der Waals surface area (Å²) in [5.74, 6) is -4.06. The van der Waals surface area contributed by atoms with Gasteiger partial charge in [0.25, 0.3) is 0 Å². The Hall–Kier alpha value is -4.75. The van der Waals surface area contributed by atoms with E-state index in [0.717, 1.165) is 28.8 Å².